The monoisotopic (exact) mass is 428 g/mol. The van der Waals surface area contributed by atoms with Crippen LogP contribution in [0.1, 0.15) is 19.1 Å². The first kappa shape index (κ1) is 22.0. The Morgan fingerprint density at radius 3 is 2.75 bits per heavy atom. The van der Waals surface area contributed by atoms with Gasteiger partial charge in [0, 0.05) is 25.8 Å². The minimum atomic E-state index is -0.479. The van der Waals surface area contributed by atoms with Crippen LogP contribution in [0.2, 0.25) is 10.0 Å². The molecular formula is C18H22Cl2N4O4. The molecule has 0 fully saturated rings. The molecule has 1 aromatic heterocycles. The van der Waals surface area contributed by atoms with Crippen molar-refractivity contribution in [3.63, 3.8) is 0 Å². The molecule has 1 heterocycles. The topological polar surface area (TPSA) is 96.7 Å². The number of rotatable bonds is 9. The van der Waals surface area contributed by atoms with Crippen LogP contribution in [0.5, 0.6) is 0 Å². The van der Waals surface area contributed by atoms with Crippen molar-refractivity contribution in [3.05, 3.63) is 40.1 Å². The van der Waals surface area contributed by atoms with Gasteiger partial charge in [0.1, 0.15) is 12.3 Å². The van der Waals surface area contributed by atoms with E-state index in [4.69, 9.17) is 32.5 Å². The maximum atomic E-state index is 12.7. The van der Waals surface area contributed by atoms with Gasteiger partial charge >= 0.3 is 6.03 Å². The van der Waals surface area contributed by atoms with Gasteiger partial charge in [-0.15, -0.1) is 0 Å². The maximum Gasteiger partial charge on any atom is 0.322 e. The predicted molar refractivity (Wildman–Crippen MR) is 108 cm³/mol. The minimum absolute atomic E-state index is 0.179. The number of halogens is 2. The number of aromatic nitrogens is 1. The van der Waals surface area contributed by atoms with Gasteiger partial charge in [0.15, 0.2) is 5.82 Å². The molecule has 0 unspecified atom stereocenters. The number of ether oxygens (including phenoxy) is 1. The number of benzene rings is 1. The van der Waals surface area contributed by atoms with Gasteiger partial charge in [-0.25, -0.2) is 4.79 Å². The van der Waals surface area contributed by atoms with Crippen LogP contribution in [0.25, 0.3) is 0 Å². The van der Waals surface area contributed by atoms with Crippen molar-refractivity contribution in [1.82, 2.24) is 10.1 Å². The van der Waals surface area contributed by atoms with Gasteiger partial charge in [-0.2, -0.15) is 0 Å². The smallest absolute Gasteiger partial charge is 0.322 e. The summed E-state index contributed by atoms with van der Waals surface area (Å²) in [6.45, 7) is 4.79. The van der Waals surface area contributed by atoms with Crippen molar-refractivity contribution in [2.24, 2.45) is 0 Å². The van der Waals surface area contributed by atoms with Gasteiger partial charge in [0.05, 0.1) is 15.7 Å². The lowest BCUT2D eigenvalue weighted by atomic mass is 10.3. The molecule has 0 aliphatic carbocycles. The molecule has 0 saturated carbocycles. The first-order valence-electron chi connectivity index (χ1n) is 8.71. The maximum absolute atomic E-state index is 12.7. The number of nitrogens with zero attached hydrogens (tertiary/aromatic N) is 2. The third kappa shape index (κ3) is 6.70. The van der Waals surface area contributed by atoms with Crippen LogP contribution in [-0.2, 0) is 9.53 Å². The molecule has 10 heteroatoms. The van der Waals surface area contributed by atoms with Gasteiger partial charge in [0.2, 0.25) is 5.91 Å². The summed E-state index contributed by atoms with van der Waals surface area (Å²) in [5, 5.41) is 9.53. The number of hydrogen-bond donors (Lipinski definition) is 2. The number of nitrogens with one attached hydrogen (secondary N) is 2. The number of urea groups is 1. The number of anilines is 2. The Hall–Kier alpha value is -2.29. The fourth-order valence-corrected chi connectivity index (χ4v) is 2.68. The molecule has 2 rings (SSSR count). The summed E-state index contributed by atoms with van der Waals surface area (Å²) >= 11 is 12.1. The third-order valence-electron chi connectivity index (χ3n) is 3.63. The van der Waals surface area contributed by atoms with E-state index >= 15 is 0 Å². The van der Waals surface area contributed by atoms with E-state index in [2.05, 4.69) is 15.8 Å². The lowest BCUT2D eigenvalue weighted by Crippen LogP contribution is -2.41. The Morgan fingerprint density at radius 1 is 1.29 bits per heavy atom. The Kier molecular flexibility index (Phi) is 8.56. The standard InChI is InChI=1S/C18H22Cl2N4O4/c1-3-27-9-5-8-24(11-16(25)22-15-10-12(2)28-23-15)18(26)21-14-7-4-6-13(19)17(14)20/h4,6-7,10H,3,5,8-9,11H2,1-2H3,(H,21,26)(H,22,23,25). The zero-order chi connectivity index (χ0) is 20.5. The summed E-state index contributed by atoms with van der Waals surface area (Å²) in [6, 6.07) is 6.02. The minimum Gasteiger partial charge on any atom is -0.382 e. The average molecular weight is 429 g/mol. The Bertz CT molecular complexity index is 813. The van der Waals surface area contributed by atoms with Gasteiger partial charge < -0.3 is 24.8 Å². The Morgan fingerprint density at radius 2 is 2.07 bits per heavy atom. The lowest BCUT2D eigenvalue weighted by molar-refractivity contribution is -0.116. The van der Waals surface area contributed by atoms with Crippen molar-refractivity contribution in [2.45, 2.75) is 20.3 Å². The van der Waals surface area contributed by atoms with E-state index in [0.29, 0.717) is 42.6 Å². The quantitative estimate of drug-likeness (QED) is 0.583. The van der Waals surface area contributed by atoms with Crippen molar-refractivity contribution in [3.8, 4) is 0 Å². The second-order valence-electron chi connectivity index (χ2n) is 5.87. The normalized spacial score (nSPS) is 10.6. The molecule has 2 aromatic rings. The summed E-state index contributed by atoms with van der Waals surface area (Å²) in [6.07, 6.45) is 0.570. The highest BCUT2D eigenvalue weighted by Gasteiger charge is 2.19. The molecule has 2 N–H and O–H groups in total. The van der Waals surface area contributed by atoms with E-state index in [1.807, 2.05) is 6.92 Å². The highest BCUT2D eigenvalue weighted by molar-refractivity contribution is 6.43. The molecule has 0 bridgehead atoms. The summed E-state index contributed by atoms with van der Waals surface area (Å²) in [4.78, 5) is 26.4. The molecular weight excluding hydrogens is 407 g/mol. The molecule has 0 aliphatic rings. The van der Waals surface area contributed by atoms with Crippen LogP contribution in [0, 0.1) is 6.92 Å². The van der Waals surface area contributed by atoms with Gasteiger partial charge in [-0.3, -0.25) is 4.79 Å². The fourth-order valence-electron chi connectivity index (χ4n) is 2.33. The van der Waals surface area contributed by atoms with E-state index in [-0.39, 0.29) is 17.4 Å². The highest BCUT2D eigenvalue weighted by Crippen LogP contribution is 2.29. The Balaban J connectivity index is 2.03. The molecule has 0 aliphatic heterocycles. The number of amides is 3. The molecule has 0 spiro atoms. The van der Waals surface area contributed by atoms with Crippen LogP contribution in [0.4, 0.5) is 16.3 Å². The Labute approximate surface area is 173 Å². The summed E-state index contributed by atoms with van der Waals surface area (Å²) in [7, 11) is 0. The predicted octanol–water partition coefficient (Wildman–Crippen LogP) is 4.19. The SMILES string of the molecule is CCOCCCN(CC(=O)Nc1cc(C)on1)C(=O)Nc1cccc(Cl)c1Cl. The van der Waals surface area contributed by atoms with Crippen LogP contribution in [-0.4, -0.2) is 48.3 Å². The van der Waals surface area contributed by atoms with Gasteiger partial charge in [-0.05, 0) is 32.4 Å². The third-order valence-corrected chi connectivity index (χ3v) is 4.45. The lowest BCUT2D eigenvalue weighted by Gasteiger charge is -2.23. The van der Waals surface area contributed by atoms with Crippen molar-refractivity contribution >= 4 is 46.6 Å². The largest absolute Gasteiger partial charge is 0.382 e. The molecule has 0 radical (unpaired) electrons. The number of aryl methyl sites for hydroxylation is 1. The molecule has 0 saturated heterocycles. The second kappa shape index (κ2) is 10.9. The van der Waals surface area contributed by atoms with Crippen LogP contribution in [0.15, 0.2) is 28.8 Å². The van der Waals surface area contributed by atoms with Gasteiger partial charge in [-0.1, -0.05) is 34.4 Å². The van der Waals surface area contributed by atoms with E-state index in [9.17, 15) is 9.59 Å². The molecule has 1 aromatic carbocycles. The molecule has 152 valence electrons. The van der Waals surface area contributed by atoms with E-state index in [1.54, 1.807) is 31.2 Å². The summed E-state index contributed by atoms with van der Waals surface area (Å²) in [5.74, 6) is 0.448. The van der Waals surface area contributed by atoms with Crippen LogP contribution in [0.3, 0.4) is 0 Å². The van der Waals surface area contributed by atoms with Crippen molar-refractivity contribution in [2.75, 3.05) is 36.9 Å². The van der Waals surface area contributed by atoms with E-state index < -0.39 is 11.9 Å². The molecule has 0 atom stereocenters. The molecule has 3 amide bonds. The fraction of sp³-hybridized carbons (Fsp3) is 0.389. The average Bonchev–Trinajstić information content (AvgIpc) is 3.06. The van der Waals surface area contributed by atoms with Gasteiger partial charge in [0.25, 0.3) is 0 Å². The number of carbonyl (C=O) groups is 2. The second-order valence-corrected chi connectivity index (χ2v) is 6.66. The molecule has 8 nitrogen and oxygen atoms in total. The summed E-state index contributed by atoms with van der Waals surface area (Å²) in [5.41, 5.74) is 0.363. The van der Waals surface area contributed by atoms with E-state index in [0.717, 1.165) is 0 Å². The first-order chi connectivity index (χ1) is 13.4. The first-order valence-corrected chi connectivity index (χ1v) is 9.47. The van der Waals surface area contributed by atoms with Crippen LogP contribution >= 0.6 is 23.2 Å². The zero-order valence-corrected chi connectivity index (χ0v) is 17.1. The number of hydrogen-bond acceptors (Lipinski definition) is 5. The van der Waals surface area contributed by atoms with E-state index in [1.165, 1.54) is 4.90 Å². The number of carbonyl (C=O) groups excluding carboxylic acids is 2. The summed E-state index contributed by atoms with van der Waals surface area (Å²) < 4.78 is 10.2. The highest BCUT2D eigenvalue weighted by atomic mass is 35.5. The van der Waals surface area contributed by atoms with Crippen LogP contribution < -0.4 is 10.6 Å². The molecule has 28 heavy (non-hydrogen) atoms. The zero-order valence-electron chi connectivity index (χ0n) is 15.6. The van der Waals surface area contributed by atoms with Crippen molar-refractivity contribution in [1.29, 1.82) is 0 Å². The van der Waals surface area contributed by atoms with Crippen molar-refractivity contribution < 1.29 is 18.8 Å².